The predicted octanol–water partition coefficient (Wildman–Crippen LogP) is 3.10. The second-order valence-electron chi connectivity index (χ2n) is 5.42. The summed E-state index contributed by atoms with van der Waals surface area (Å²) in [5.41, 5.74) is 0.653. The molecule has 1 fully saturated rings. The van der Waals surface area contributed by atoms with Gasteiger partial charge in [-0.25, -0.2) is 4.79 Å². The van der Waals surface area contributed by atoms with Crippen LogP contribution in [0.25, 0.3) is 0 Å². The van der Waals surface area contributed by atoms with Crippen LogP contribution in [-0.4, -0.2) is 35.2 Å². The number of imide groups is 1. The number of Topliss-reactive ketones (excluding diaryl/α,β-unsaturated/α-hetero) is 1. The van der Waals surface area contributed by atoms with Crippen molar-refractivity contribution in [2.75, 3.05) is 11.4 Å². The van der Waals surface area contributed by atoms with Crippen LogP contribution in [0, 0.1) is 6.92 Å². The summed E-state index contributed by atoms with van der Waals surface area (Å²) in [4.78, 5) is 41.3. The van der Waals surface area contributed by atoms with Gasteiger partial charge in [-0.3, -0.25) is 19.4 Å². The number of nitrogens with zero attached hydrogens (tertiary/aromatic N) is 2. The van der Waals surface area contributed by atoms with Crippen molar-refractivity contribution in [3.63, 3.8) is 0 Å². The minimum Gasteiger partial charge on any atom is -0.291 e. The van der Waals surface area contributed by atoms with Gasteiger partial charge in [-0.2, -0.15) is 0 Å². The molecule has 1 atom stereocenters. The fourth-order valence-corrected chi connectivity index (χ4v) is 3.40. The number of amides is 3. The van der Waals surface area contributed by atoms with Gasteiger partial charge in [-0.1, -0.05) is 18.2 Å². The first-order chi connectivity index (χ1) is 11.0. The number of benzene rings is 1. The van der Waals surface area contributed by atoms with Crippen LogP contribution in [0.15, 0.2) is 42.5 Å². The van der Waals surface area contributed by atoms with Crippen LogP contribution in [-0.2, 0) is 4.79 Å². The molecule has 2 heterocycles. The lowest BCUT2D eigenvalue weighted by molar-refractivity contribution is -0.126. The fourth-order valence-electron chi connectivity index (χ4n) is 2.60. The Hall–Kier alpha value is -2.47. The second kappa shape index (κ2) is 5.96. The van der Waals surface area contributed by atoms with Gasteiger partial charge in [-0.15, -0.1) is 11.3 Å². The molecule has 23 heavy (non-hydrogen) atoms. The van der Waals surface area contributed by atoms with Gasteiger partial charge in [0.15, 0.2) is 5.78 Å². The summed E-state index contributed by atoms with van der Waals surface area (Å²) >= 11 is 1.37. The van der Waals surface area contributed by atoms with Crippen LogP contribution in [0.4, 0.5) is 10.5 Å². The van der Waals surface area contributed by atoms with Gasteiger partial charge < -0.3 is 0 Å². The average Bonchev–Trinajstić information content (AvgIpc) is 3.06. The molecule has 1 aromatic carbocycles. The van der Waals surface area contributed by atoms with E-state index in [9.17, 15) is 14.4 Å². The van der Waals surface area contributed by atoms with Crippen molar-refractivity contribution in [1.82, 2.24) is 4.90 Å². The monoisotopic (exact) mass is 328 g/mol. The van der Waals surface area contributed by atoms with Crippen LogP contribution in [0.1, 0.15) is 21.5 Å². The number of carbonyl (C=O) groups excluding carboxylic acids is 3. The number of ketones is 1. The standard InChI is InChI=1S/C17H16N2O3S/c1-11-8-9-15(23-11)14(20)10-18-16(21)12(2)19(17(18)22)13-6-4-3-5-7-13/h3-9,12H,10H2,1-2H3/t12-/m0/s1. The van der Waals surface area contributed by atoms with E-state index in [1.807, 2.05) is 31.2 Å². The van der Waals surface area contributed by atoms with E-state index in [4.69, 9.17) is 0 Å². The smallest absolute Gasteiger partial charge is 0.291 e. The zero-order valence-corrected chi connectivity index (χ0v) is 13.7. The minimum absolute atomic E-state index is 0.216. The number of hydrogen-bond donors (Lipinski definition) is 0. The van der Waals surface area contributed by atoms with Gasteiger partial charge in [0.1, 0.15) is 6.04 Å². The molecule has 0 unspecified atom stereocenters. The quantitative estimate of drug-likeness (QED) is 0.640. The molecule has 6 heteroatoms. The fraction of sp³-hybridized carbons (Fsp3) is 0.235. The summed E-state index contributed by atoms with van der Waals surface area (Å²) < 4.78 is 0. The third kappa shape index (κ3) is 2.77. The number of anilines is 1. The molecular weight excluding hydrogens is 312 g/mol. The number of thiophene rings is 1. The molecule has 118 valence electrons. The highest BCUT2D eigenvalue weighted by atomic mass is 32.1. The lowest BCUT2D eigenvalue weighted by Gasteiger charge is -2.19. The number of urea groups is 1. The van der Waals surface area contributed by atoms with Crippen LogP contribution in [0.2, 0.25) is 0 Å². The van der Waals surface area contributed by atoms with Crippen molar-refractivity contribution >= 4 is 34.7 Å². The highest BCUT2D eigenvalue weighted by Gasteiger charge is 2.44. The zero-order valence-electron chi connectivity index (χ0n) is 12.9. The highest BCUT2D eigenvalue weighted by Crippen LogP contribution is 2.26. The maximum atomic E-state index is 12.6. The third-order valence-electron chi connectivity index (χ3n) is 3.80. The number of aryl methyl sites for hydroxylation is 1. The Balaban J connectivity index is 1.82. The maximum absolute atomic E-state index is 12.6. The van der Waals surface area contributed by atoms with Crippen molar-refractivity contribution in [2.45, 2.75) is 19.9 Å². The molecule has 0 saturated carbocycles. The summed E-state index contributed by atoms with van der Waals surface area (Å²) in [6, 6.07) is 11.5. The van der Waals surface area contributed by atoms with Crippen LogP contribution in [0.5, 0.6) is 0 Å². The normalized spacial score (nSPS) is 17.9. The topological polar surface area (TPSA) is 57.7 Å². The zero-order chi connectivity index (χ0) is 16.6. The summed E-state index contributed by atoms with van der Waals surface area (Å²) in [5.74, 6) is -0.563. The van der Waals surface area contributed by atoms with Gasteiger partial charge in [0.25, 0.3) is 5.91 Å². The first-order valence-electron chi connectivity index (χ1n) is 7.28. The molecule has 0 aliphatic carbocycles. The van der Waals surface area contributed by atoms with Crippen molar-refractivity contribution in [1.29, 1.82) is 0 Å². The molecule has 5 nitrogen and oxygen atoms in total. The Morgan fingerprint density at radius 2 is 1.83 bits per heavy atom. The van der Waals surface area contributed by atoms with Crippen molar-refractivity contribution in [2.24, 2.45) is 0 Å². The first kappa shape index (κ1) is 15.4. The molecule has 2 aromatic rings. The van der Waals surface area contributed by atoms with Crippen molar-refractivity contribution in [3.8, 4) is 0 Å². The van der Waals surface area contributed by atoms with E-state index in [-0.39, 0.29) is 18.2 Å². The van der Waals surface area contributed by atoms with Crippen molar-refractivity contribution < 1.29 is 14.4 Å². The minimum atomic E-state index is -0.609. The molecular formula is C17H16N2O3S. The lowest BCUT2D eigenvalue weighted by Crippen LogP contribution is -2.36. The molecule has 0 bridgehead atoms. The number of para-hydroxylation sites is 1. The van der Waals surface area contributed by atoms with Crippen molar-refractivity contribution in [3.05, 3.63) is 52.2 Å². The van der Waals surface area contributed by atoms with Gasteiger partial charge >= 0.3 is 6.03 Å². The molecule has 1 aliphatic heterocycles. The largest absolute Gasteiger partial charge is 0.332 e. The molecule has 3 rings (SSSR count). The van der Waals surface area contributed by atoms with Gasteiger partial charge in [-0.05, 0) is 38.1 Å². The Morgan fingerprint density at radius 1 is 1.13 bits per heavy atom. The molecule has 1 aromatic heterocycles. The predicted molar refractivity (Wildman–Crippen MR) is 88.9 cm³/mol. The summed E-state index contributed by atoms with van der Waals surface area (Å²) in [5, 5.41) is 0. The molecule has 3 amide bonds. The Kier molecular flexibility index (Phi) is 4.00. The first-order valence-corrected chi connectivity index (χ1v) is 8.10. The summed E-state index contributed by atoms with van der Waals surface area (Å²) in [7, 11) is 0. The molecule has 0 N–H and O–H groups in total. The van der Waals surface area contributed by atoms with Crippen LogP contribution >= 0.6 is 11.3 Å². The maximum Gasteiger partial charge on any atom is 0.332 e. The Morgan fingerprint density at radius 3 is 2.43 bits per heavy atom. The van der Waals surface area contributed by atoms with E-state index in [1.54, 1.807) is 25.1 Å². The van der Waals surface area contributed by atoms with E-state index < -0.39 is 12.1 Å². The highest BCUT2D eigenvalue weighted by molar-refractivity contribution is 7.14. The van der Waals surface area contributed by atoms with Gasteiger partial charge in [0.05, 0.1) is 11.4 Å². The van der Waals surface area contributed by atoms with E-state index in [1.165, 1.54) is 16.2 Å². The molecule has 0 spiro atoms. The summed E-state index contributed by atoms with van der Waals surface area (Å²) in [6.07, 6.45) is 0. The number of hydrogen-bond acceptors (Lipinski definition) is 4. The summed E-state index contributed by atoms with van der Waals surface area (Å²) in [6.45, 7) is 3.37. The van der Waals surface area contributed by atoms with Crippen LogP contribution < -0.4 is 4.90 Å². The van der Waals surface area contributed by atoms with E-state index in [0.717, 1.165) is 9.78 Å². The third-order valence-corrected chi connectivity index (χ3v) is 4.84. The Labute approximate surface area is 138 Å². The second-order valence-corrected chi connectivity index (χ2v) is 6.71. The van der Waals surface area contributed by atoms with E-state index >= 15 is 0 Å². The molecule has 1 saturated heterocycles. The lowest BCUT2D eigenvalue weighted by atomic mass is 10.2. The SMILES string of the molecule is Cc1ccc(C(=O)CN2C(=O)[C@H](C)N(c3ccccc3)C2=O)s1. The van der Waals surface area contributed by atoms with E-state index in [0.29, 0.717) is 10.6 Å². The van der Waals surface area contributed by atoms with E-state index in [2.05, 4.69) is 0 Å². The number of rotatable bonds is 4. The average molecular weight is 328 g/mol. The van der Waals surface area contributed by atoms with Gasteiger partial charge in [0.2, 0.25) is 0 Å². The van der Waals surface area contributed by atoms with Gasteiger partial charge in [0, 0.05) is 10.6 Å². The number of carbonyl (C=O) groups is 3. The molecule has 1 aliphatic rings. The van der Waals surface area contributed by atoms with Crippen LogP contribution in [0.3, 0.4) is 0 Å². The molecule has 0 radical (unpaired) electrons. The Bertz CT molecular complexity index is 769.